The highest BCUT2D eigenvalue weighted by Crippen LogP contribution is 2.16. The second kappa shape index (κ2) is 7.82. The molecule has 2 N–H and O–H groups in total. The van der Waals surface area contributed by atoms with Crippen molar-refractivity contribution in [1.82, 2.24) is 15.5 Å². The molecule has 1 aliphatic heterocycles. The lowest BCUT2D eigenvalue weighted by molar-refractivity contribution is 0.0963. The van der Waals surface area contributed by atoms with E-state index in [4.69, 9.17) is 0 Å². The average molecular weight is 303 g/mol. The molecule has 5 nitrogen and oxygen atoms in total. The molecular weight excluding hydrogens is 278 g/mol. The van der Waals surface area contributed by atoms with Gasteiger partial charge in [-0.1, -0.05) is 19.1 Å². The lowest BCUT2D eigenvalue weighted by Gasteiger charge is -2.21. The fourth-order valence-electron chi connectivity index (χ4n) is 2.72. The molecule has 0 spiro atoms. The van der Waals surface area contributed by atoms with E-state index in [9.17, 15) is 9.59 Å². The predicted octanol–water partition coefficient (Wildman–Crippen LogP) is 2.38. The number of likely N-dealkylation sites (tertiary alicyclic amines) is 1. The topological polar surface area (TPSA) is 61.4 Å². The number of rotatable bonds is 3. The Bertz CT molecular complexity index is 530. The summed E-state index contributed by atoms with van der Waals surface area (Å²) in [5.41, 5.74) is 1.54. The molecule has 3 amide bonds. The maximum Gasteiger partial charge on any atom is 0.317 e. The molecule has 0 saturated carbocycles. The molecule has 1 fully saturated rings. The van der Waals surface area contributed by atoms with Crippen LogP contribution in [0.15, 0.2) is 24.3 Å². The van der Waals surface area contributed by atoms with E-state index >= 15 is 0 Å². The van der Waals surface area contributed by atoms with Crippen LogP contribution in [0.1, 0.15) is 42.1 Å². The molecule has 1 saturated heterocycles. The first kappa shape index (κ1) is 16.3. The van der Waals surface area contributed by atoms with Crippen LogP contribution in [-0.2, 0) is 6.54 Å². The van der Waals surface area contributed by atoms with Gasteiger partial charge in [-0.2, -0.15) is 0 Å². The van der Waals surface area contributed by atoms with E-state index in [1.807, 2.05) is 23.1 Å². The molecule has 0 radical (unpaired) electrons. The molecule has 0 unspecified atom stereocenters. The minimum absolute atomic E-state index is 0.0144. The summed E-state index contributed by atoms with van der Waals surface area (Å²) < 4.78 is 0. The molecule has 0 aliphatic carbocycles. The number of urea groups is 1. The fourth-order valence-corrected chi connectivity index (χ4v) is 2.72. The maximum atomic E-state index is 12.2. The number of nitrogens with zero attached hydrogens (tertiary/aromatic N) is 1. The van der Waals surface area contributed by atoms with Gasteiger partial charge in [0.25, 0.3) is 5.91 Å². The Kier molecular flexibility index (Phi) is 5.81. The first-order valence-corrected chi connectivity index (χ1v) is 7.94. The molecule has 120 valence electrons. The van der Waals surface area contributed by atoms with Gasteiger partial charge in [0.2, 0.25) is 0 Å². The lowest BCUT2D eigenvalue weighted by atomic mass is 10.0. The Hall–Kier alpha value is -2.04. The standard InChI is InChI=1S/C17H25N3O2/c1-13-5-4-9-20(10-8-13)17(22)19-12-14-6-3-7-15(11-14)16(21)18-2/h3,6-7,11,13H,4-5,8-10,12H2,1-2H3,(H,18,21)(H,19,22)/t13-/m0/s1. The van der Waals surface area contributed by atoms with Gasteiger partial charge >= 0.3 is 6.03 Å². The van der Waals surface area contributed by atoms with Crippen molar-refractivity contribution in [2.45, 2.75) is 32.7 Å². The van der Waals surface area contributed by atoms with Crippen LogP contribution in [0.5, 0.6) is 0 Å². The second-order valence-electron chi connectivity index (χ2n) is 5.96. The molecule has 5 heteroatoms. The molecule has 1 heterocycles. The van der Waals surface area contributed by atoms with Crippen molar-refractivity contribution in [2.75, 3.05) is 20.1 Å². The van der Waals surface area contributed by atoms with Gasteiger partial charge in [0.1, 0.15) is 0 Å². The SMILES string of the molecule is CNC(=O)c1cccc(CNC(=O)N2CCC[C@H](C)CC2)c1. The van der Waals surface area contributed by atoms with E-state index in [2.05, 4.69) is 17.6 Å². The molecular formula is C17H25N3O2. The maximum absolute atomic E-state index is 12.2. The third kappa shape index (κ3) is 4.48. The summed E-state index contributed by atoms with van der Waals surface area (Å²) in [5.74, 6) is 0.580. The molecule has 2 rings (SSSR count). The Labute approximate surface area is 132 Å². The molecule has 0 aromatic heterocycles. The Morgan fingerprint density at radius 2 is 2.09 bits per heavy atom. The van der Waals surface area contributed by atoms with Crippen LogP contribution in [0.3, 0.4) is 0 Å². The third-order valence-electron chi connectivity index (χ3n) is 4.16. The number of amides is 3. The van der Waals surface area contributed by atoms with Crippen LogP contribution in [0.2, 0.25) is 0 Å². The highest BCUT2D eigenvalue weighted by Gasteiger charge is 2.18. The lowest BCUT2D eigenvalue weighted by Crippen LogP contribution is -2.40. The second-order valence-corrected chi connectivity index (χ2v) is 5.96. The normalized spacial score (nSPS) is 18.5. The van der Waals surface area contributed by atoms with Crippen LogP contribution >= 0.6 is 0 Å². The summed E-state index contributed by atoms with van der Waals surface area (Å²) in [6, 6.07) is 7.31. The van der Waals surface area contributed by atoms with Crippen molar-refractivity contribution < 1.29 is 9.59 Å². The van der Waals surface area contributed by atoms with E-state index in [0.717, 1.165) is 31.5 Å². The van der Waals surface area contributed by atoms with Crippen LogP contribution in [0.25, 0.3) is 0 Å². The summed E-state index contributed by atoms with van der Waals surface area (Å²) in [6.07, 6.45) is 3.33. The van der Waals surface area contributed by atoms with E-state index in [0.29, 0.717) is 18.0 Å². The van der Waals surface area contributed by atoms with Crippen LogP contribution < -0.4 is 10.6 Å². The fraction of sp³-hybridized carbons (Fsp3) is 0.529. The monoisotopic (exact) mass is 303 g/mol. The van der Waals surface area contributed by atoms with Crippen LogP contribution in [-0.4, -0.2) is 37.0 Å². The van der Waals surface area contributed by atoms with Gasteiger partial charge in [-0.05, 0) is 42.9 Å². The van der Waals surface area contributed by atoms with Gasteiger partial charge in [-0.15, -0.1) is 0 Å². The van der Waals surface area contributed by atoms with Gasteiger partial charge in [0.15, 0.2) is 0 Å². The summed E-state index contributed by atoms with van der Waals surface area (Å²) in [6.45, 7) is 4.33. The summed E-state index contributed by atoms with van der Waals surface area (Å²) >= 11 is 0. The zero-order chi connectivity index (χ0) is 15.9. The predicted molar refractivity (Wildman–Crippen MR) is 86.7 cm³/mol. The summed E-state index contributed by atoms with van der Waals surface area (Å²) in [5, 5.41) is 5.55. The third-order valence-corrected chi connectivity index (χ3v) is 4.16. The quantitative estimate of drug-likeness (QED) is 0.900. The average Bonchev–Trinajstić information content (AvgIpc) is 2.76. The highest BCUT2D eigenvalue weighted by molar-refractivity contribution is 5.94. The van der Waals surface area contributed by atoms with Crippen molar-refractivity contribution >= 4 is 11.9 Å². The minimum atomic E-state index is -0.116. The summed E-state index contributed by atoms with van der Waals surface area (Å²) in [4.78, 5) is 25.7. The molecule has 1 aromatic rings. The van der Waals surface area contributed by atoms with Crippen molar-refractivity contribution in [3.8, 4) is 0 Å². The van der Waals surface area contributed by atoms with Crippen molar-refractivity contribution in [3.05, 3.63) is 35.4 Å². The number of carbonyl (C=O) groups is 2. The van der Waals surface area contributed by atoms with Crippen molar-refractivity contribution in [2.24, 2.45) is 5.92 Å². The smallest absolute Gasteiger partial charge is 0.317 e. The minimum Gasteiger partial charge on any atom is -0.355 e. The Morgan fingerprint density at radius 1 is 1.27 bits per heavy atom. The zero-order valence-corrected chi connectivity index (χ0v) is 13.4. The van der Waals surface area contributed by atoms with Crippen LogP contribution in [0.4, 0.5) is 4.79 Å². The van der Waals surface area contributed by atoms with E-state index < -0.39 is 0 Å². The highest BCUT2D eigenvalue weighted by atomic mass is 16.2. The van der Waals surface area contributed by atoms with Crippen molar-refractivity contribution in [3.63, 3.8) is 0 Å². The zero-order valence-electron chi connectivity index (χ0n) is 13.4. The van der Waals surface area contributed by atoms with E-state index in [-0.39, 0.29) is 11.9 Å². The number of hydrogen-bond donors (Lipinski definition) is 2. The number of hydrogen-bond acceptors (Lipinski definition) is 2. The number of benzene rings is 1. The van der Waals surface area contributed by atoms with E-state index in [1.54, 1.807) is 13.1 Å². The Morgan fingerprint density at radius 3 is 2.86 bits per heavy atom. The van der Waals surface area contributed by atoms with Gasteiger partial charge in [-0.25, -0.2) is 4.79 Å². The molecule has 22 heavy (non-hydrogen) atoms. The molecule has 1 aliphatic rings. The molecule has 1 aromatic carbocycles. The number of nitrogens with one attached hydrogen (secondary N) is 2. The summed E-state index contributed by atoms with van der Waals surface area (Å²) in [7, 11) is 1.61. The number of carbonyl (C=O) groups excluding carboxylic acids is 2. The first-order valence-electron chi connectivity index (χ1n) is 7.94. The van der Waals surface area contributed by atoms with E-state index in [1.165, 1.54) is 6.42 Å². The van der Waals surface area contributed by atoms with Gasteiger partial charge in [-0.3, -0.25) is 4.79 Å². The Balaban J connectivity index is 1.89. The van der Waals surface area contributed by atoms with Crippen LogP contribution in [0, 0.1) is 5.92 Å². The first-order chi connectivity index (χ1) is 10.6. The van der Waals surface area contributed by atoms with Gasteiger partial charge in [0, 0.05) is 32.2 Å². The van der Waals surface area contributed by atoms with Gasteiger partial charge < -0.3 is 15.5 Å². The molecule has 1 atom stereocenters. The van der Waals surface area contributed by atoms with Crippen molar-refractivity contribution in [1.29, 1.82) is 0 Å². The van der Waals surface area contributed by atoms with Gasteiger partial charge in [0.05, 0.1) is 0 Å². The largest absolute Gasteiger partial charge is 0.355 e. The molecule has 0 bridgehead atoms.